The lowest BCUT2D eigenvalue weighted by Crippen LogP contribution is -2.07. The van der Waals surface area contributed by atoms with Crippen LogP contribution in [0.1, 0.15) is 234 Å². The summed E-state index contributed by atoms with van der Waals surface area (Å²) in [4.78, 5) is 21.9. The second kappa shape index (κ2) is 43.5. The van der Waals surface area contributed by atoms with Gasteiger partial charge in [-0.3, -0.25) is 9.59 Å². The zero-order chi connectivity index (χ0) is 36.5. The van der Waals surface area contributed by atoms with E-state index < -0.39 is 0 Å². The summed E-state index contributed by atoms with van der Waals surface area (Å²) in [6.07, 6.45) is 41.7. The molecule has 3 unspecified atom stereocenters. The van der Waals surface area contributed by atoms with Crippen molar-refractivity contribution >= 4 is 21.4 Å². The lowest BCUT2D eigenvalue weighted by molar-refractivity contribution is -0.141. The van der Waals surface area contributed by atoms with Crippen LogP contribution in [0.3, 0.4) is 0 Å². The first-order chi connectivity index (χ1) is 23.9. The molecular weight excluding hydrogens is 631 g/mol. The standard InChI is InChI=1S/C21H43O3P.C21H42O3.H2/c1-3-4-17-20(24-25)18-15-13-11-9-7-5-6-8-10-12-14-16-19-21(22)23-2;1-3-4-17-20(22)18-15-13-11-9-7-5-6-8-10-12-14-16-19-21(23)24-2;/h20H,3-19,25H2,1-2H3;20,22H,3-19H2,1-2H3;1H/i;;1+2. The Hall–Kier alpha value is -0.710. The minimum absolute atomic E-state index is 0. The van der Waals surface area contributed by atoms with E-state index in [1.807, 2.05) is 0 Å². The molecule has 0 aliphatic heterocycles. The topological polar surface area (TPSA) is 82.1 Å². The summed E-state index contributed by atoms with van der Waals surface area (Å²) < 4.78 is 14.7. The Bertz CT molecular complexity index is 668. The van der Waals surface area contributed by atoms with Crippen molar-refractivity contribution in [3.05, 3.63) is 0 Å². The average molecular weight is 721 g/mol. The largest absolute Gasteiger partial charge is 0.469 e. The molecule has 0 radical (unpaired) electrons. The van der Waals surface area contributed by atoms with Gasteiger partial charge in [0.05, 0.1) is 26.4 Å². The van der Waals surface area contributed by atoms with Gasteiger partial charge in [-0.15, -0.1) is 0 Å². The molecule has 0 aliphatic carbocycles. The maximum Gasteiger partial charge on any atom is 0.305 e. The molecule has 0 amide bonds. The number of hydrogen-bond donors (Lipinski definition) is 1. The molecule has 49 heavy (non-hydrogen) atoms. The lowest BCUT2D eigenvalue weighted by atomic mass is 10.0. The molecule has 0 aromatic rings. The van der Waals surface area contributed by atoms with E-state index in [0.717, 1.165) is 44.9 Å². The first-order valence-corrected chi connectivity index (χ1v) is 21.6. The van der Waals surface area contributed by atoms with Gasteiger partial charge in [-0.1, -0.05) is 181 Å². The number of aliphatic hydroxyl groups excluding tert-OH is 1. The molecule has 6 nitrogen and oxygen atoms in total. The Balaban J connectivity index is -0.000000867. The monoisotopic (exact) mass is 721 g/mol. The number of rotatable bonds is 37. The molecule has 0 fully saturated rings. The molecule has 0 saturated heterocycles. The number of methoxy groups -OCH3 is 2. The smallest absolute Gasteiger partial charge is 0.305 e. The summed E-state index contributed by atoms with van der Waals surface area (Å²) in [5.74, 6) is -0.150. The number of aliphatic hydroxyl groups is 1. The van der Waals surface area contributed by atoms with Gasteiger partial charge >= 0.3 is 11.9 Å². The molecule has 296 valence electrons. The Morgan fingerprint density at radius 3 is 1.06 bits per heavy atom. The van der Waals surface area contributed by atoms with E-state index in [9.17, 15) is 14.7 Å². The third-order valence-corrected chi connectivity index (χ3v) is 10.1. The van der Waals surface area contributed by atoms with Crippen LogP contribution >= 0.6 is 9.47 Å². The minimum Gasteiger partial charge on any atom is -0.469 e. The van der Waals surface area contributed by atoms with E-state index in [1.54, 1.807) is 0 Å². The molecule has 7 heteroatoms. The molecule has 0 bridgehead atoms. The molecule has 1 N–H and O–H groups in total. The van der Waals surface area contributed by atoms with Gasteiger partial charge < -0.3 is 19.1 Å². The SMILES string of the molecule is CCCCC(CCCCCCCCCCCCCCC(=O)OC)OP.CCCCC(O)CCCCCCCCCCCCCCC(=O)OC.[3HH]. The number of unbranched alkanes of at least 4 members (excludes halogenated alkanes) is 24. The minimum atomic E-state index is -0.0783. The first-order valence-electron chi connectivity index (χ1n) is 21.1. The van der Waals surface area contributed by atoms with Gasteiger partial charge in [-0.25, -0.2) is 0 Å². The van der Waals surface area contributed by atoms with Gasteiger partial charge in [0, 0.05) is 23.7 Å². The maximum absolute atomic E-state index is 11.0. The van der Waals surface area contributed by atoms with Crippen LogP contribution in [0.15, 0.2) is 0 Å². The van der Waals surface area contributed by atoms with E-state index in [2.05, 4.69) is 32.8 Å². The van der Waals surface area contributed by atoms with Gasteiger partial charge in [-0.2, -0.15) is 0 Å². The summed E-state index contributed by atoms with van der Waals surface area (Å²) in [7, 11) is 5.37. The van der Waals surface area contributed by atoms with Crippen molar-refractivity contribution in [1.82, 2.24) is 0 Å². The van der Waals surface area contributed by atoms with Crippen LogP contribution in [-0.2, 0) is 23.6 Å². The van der Waals surface area contributed by atoms with Crippen molar-refractivity contribution in [1.29, 1.82) is 0 Å². The van der Waals surface area contributed by atoms with Gasteiger partial charge in [-0.05, 0) is 38.5 Å². The van der Waals surface area contributed by atoms with E-state index in [-0.39, 0.29) is 19.5 Å². The highest BCUT2D eigenvalue weighted by Crippen LogP contribution is 2.18. The van der Waals surface area contributed by atoms with E-state index in [1.165, 1.54) is 175 Å². The Morgan fingerprint density at radius 1 is 0.469 bits per heavy atom. The van der Waals surface area contributed by atoms with Crippen molar-refractivity contribution in [3.63, 3.8) is 0 Å². The third-order valence-electron chi connectivity index (χ3n) is 9.74. The van der Waals surface area contributed by atoms with Crippen molar-refractivity contribution in [2.24, 2.45) is 0 Å². The number of ether oxygens (including phenoxy) is 2. The van der Waals surface area contributed by atoms with Crippen LogP contribution in [0.4, 0.5) is 0 Å². The number of carbonyl (C=O) groups is 2. The van der Waals surface area contributed by atoms with Crippen LogP contribution in [0.5, 0.6) is 0 Å². The Kier molecular flexibility index (Phi) is 44.7. The summed E-state index contributed by atoms with van der Waals surface area (Å²) in [5.41, 5.74) is 0. The van der Waals surface area contributed by atoms with E-state index in [4.69, 9.17) is 4.52 Å². The lowest BCUT2D eigenvalue weighted by Gasteiger charge is -2.14. The molecule has 3 atom stereocenters. The zero-order valence-electron chi connectivity index (χ0n) is 33.3. The Morgan fingerprint density at radius 2 is 0.735 bits per heavy atom. The van der Waals surface area contributed by atoms with Crippen LogP contribution in [0, 0.1) is 0 Å². The normalized spacial score (nSPS) is 12.3. The molecule has 0 aromatic carbocycles. The van der Waals surface area contributed by atoms with Crippen LogP contribution in [0.2, 0.25) is 0 Å². The fourth-order valence-corrected chi connectivity index (χ4v) is 6.60. The van der Waals surface area contributed by atoms with Crippen molar-refractivity contribution in [2.75, 3.05) is 14.2 Å². The molecule has 0 saturated carbocycles. The summed E-state index contributed by atoms with van der Waals surface area (Å²) >= 11 is 0. The molecule has 0 spiro atoms. The van der Waals surface area contributed by atoms with E-state index in [0.29, 0.717) is 18.9 Å². The molecule has 0 heterocycles. The van der Waals surface area contributed by atoms with Gasteiger partial charge in [0.25, 0.3) is 0 Å². The number of carbonyl (C=O) groups excluding carboxylic acids is 2. The second-order valence-corrected chi connectivity index (χ2v) is 14.7. The highest BCUT2D eigenvalue weighted by molar-refractivity contribution is 7.09. The van der Waals surface area contributed by atoms with Gasteiger partial charge in [0.15, 0.2) is 0 Å². The highest BCUT2D eigenvalue weighted by atomic mass is 31.0. The van der Waals surface area contributed by atoms with Crippen LogP contribution in [0.25, 0.3) is 0 Å². The zero-order valence-corrected chi connectivity index (χ0v) is 34.4. The van der Waals surface area contributed by atoms with Gasteiger partial charge in [0.2, 0.25) is 0 Å². The fraction of sp³-hybridized carbons (Fsp3) is 0.952. The summed E-state index contributed by atoms with van der Waals surface area (Å²) in [6.45, 7) is 4.42. The first kappa shape index (κ1) is 50.4. The van der Waals surface area contributed by atoms with Crippen LogP contribution < -0.4 is 0 Å². The number of hydrogen-bond acceptors (Lipinski definition) is 6. The summed E-state index contributed by atoms with van der Waals surface area (Å²) in [6, 6.07) is 0. The molecule has 0 aromatic heterocycles. The van der Waals surface area contributed by atoms with Crippen molar-refractivity contribution < 1.29 is 30.1 Å². The van der Waals surface area contributed by atoms with Crippen molar-refractivity contribution in [2.45, 2.75) is 244 Å². The molecule has 0 rings (SSSR count). The van der Waals surface area contributed by atoms with Crippen LogP contribution in [-0.4, -0.2) is 43.5 Å². The predicted octanol–water partition coefficient (Wildman–Crippen LogP) is 13.4. The predicted molar refractivity (Wildman–Crippen MR) is 215 cm³/mol. The Labute approximate surface area is 309 Å². The summed E-state index contributed by atoms with van der Waals surface area (Å²) in [5, 5.41) is 9.77. The number of esters is 2. The average Bonchev–Trinajstić information content (AvgIpc) is 3.12. The quantitative estimate of drug-likeness (QED) is 0.0391. The fourth-order valence-electron chi connectivity index (χ4n) is 6.33. The maximum atomic E-state index is 11.0. The van der Waals surface area contributed by atoms with Crippen molar-refractivity contribution in [3.8, 4) is 0 Å². The van der Waals surface area contributed by atoms with Gasteiger partial charge in [0.1, 0.15) is 0 Å². The second-order valence-electron chi connectivity index (χ2n) is 14.4. The molecule has 0 aliphatic rings. The third kappa shape index (κ3) is 43.4. The van der Waals surface area contributed by atoms with E-state index >= 15 is 0 Å². The highest BCUT2D eigenvalue weighted by Gasteiger charge is 2.06. The molecular formula is C42H87O6P.